The molecule has 0 radical (unpaired) electrons. The molecule has 0 spiro atoms. The molecule has 0 aliphatic heterocycles. The van der Waals surface area contributed by atoms with Gasteiger partial charge in [-0.15, -0.1) is 0 Å². The van der Waals surface area contributed by atoms with Crippen LogP contribution in [0.2, 0.25) is 0 Å². The van der Waals surface area contributed by atoms with Crippen molar-refractivity contribution in [1.29, 1.82) is 0 Å². The number of benzene rings is 4. The Morgan fingerprint density at radius 1 is 0.881 bits per heavy atom. The molecule has 0 aliphatic carbocycles. The van der Waals surface area contributed by atoms with Gasteiger partial charge in [0.1, 0.15) is 11.6 Å². The summed E-state index contributed by atoms with van der Waals surface area (Å²) < 4.78 is 7.26. The van der Waals surface area contributed by atoms with Gasteiger partial charge in [0.25, 0.3) is 5.52 Å². The number of para-hydroxylation sites is 3. The molecule has 0 aliphatic rings. The van der Waals surface area contributed by atoms with Gasteiger partial charge in [0.2, 0.25) is 0 Å². The Bertz CT molecular complexity index is 1990. The van der Waals surface area contributed by atoms with E-state index in [1.807, 2.05) is 97.9 Å². The number of aromatic hydroxyl groups is 1. The van der Waals surface area contributed by atoms with E-state index in [-0.39, 0.29) is 5.75 Å². The van der Waals surface area contributed by atoms with Crippen molar-refractivity contribution in [3.63, 3.8) is 0 Å². The van der Waals surface area contributed by atoms with Gasteiger partial charge in [-0.05, 0) is 72.7 Å². The summed E-state index contributed by atoms with van der Waals surface area (Å²) in [6.45, 7) is 1.41. The summed E-state index contributed by atoms with van der Waals surface area (Å²) in [5.41, 5.74) is 4.92. The predicted octanol–water partition coefficient (Wildman–Crippen LogP) is 5.72. The monoisotopic (exact) mass is 554 g/mol. The van der Waals surface area contributed by atoms with Crippen LogP contribution in [0.5, 0.6) is 5.75 Å². The number of aromatic nitrogens is 1. The first kappa shape index (κ1) is 26.5. The number of aliphatic carboxylic acids is 1. The lowest BCUT2D eigenvalue weighted by Gasteiger charge is -2.25. The highest BCUT2D eigenvalue weighted by molar-refractivity contribution is 5.95. The molecule has 4 aromatic carbocycles. The first-order chi connectivity index (χ1) is 20.4. The number of phenolic OH excluding ortho intramolecular Hbond substituents is 1. The molecule has 2 aromatic heterocycles. The first-order valence-electron chi connectivity index (χ1n) is 13.4. The Morgan fingerprint density at radius 3 is 2.24 bits per heavy atom. The summed E-state index contributed by atoms with van der Waals surface area (Å²) in [5, 5.41) is 23.1. The van der Waals surface area contributed by atoms with Gasteiger partial charge in [0.05, 0.1) is 10.9 Å². The molecular formula is C35H26N2O5. The summed E-state index contributed by atoms with van der Waals surface area (Å²) in [6, 6.07) is 34.3. The lowest BCUT2D eigenvalue weighted by Crippen LogP contribution is -2.44. The second-order valence-electron chi connectivity index (χ2n) is 9.95. The van der Waals surface area contributed by atoms with Crippen molar-refractivity contribution >= 4 is 56.6 Å². The Labute approximate surface area is 241 Å². The number of anilines is 3. The number of hydrogen-bond donors (Lipinski definition) is 1. The lowest BCUT2D eigenvalue weighted by molar-refractivity contribution is -0.665. The third-order valence-electron chi connectivity index (χ3n) is 7.15. The summed E-state index contributed by atoms with van der Waals surface area (Å²) in [4.78, 5) is 26.6. The highest BCUT2D eigenvalue weighted by Crippen LogP contribution is 2.36. The third-order valence-corrected chi connectivity index (χ3v) is 7.15. The maximum Gasteiger partial charge on any atom is 0.343 e. The number of nitrogens with zero attached hydrogens (tertiary/aromatic N) is 2. The smallest absolute Gasteiger partial charge is 0.343 e. The van der Waals surface area contributed by atoms with Gasteiger partial charge in [-0.25, -0.2) is 4.79 Å². The number of hydrogen-bond acceptors (Lipinski definition) is 6. The van der Waals surface area contributed by atoms with Crippen molar-refractivity contribution < 1.29 is 24.0 Å². The molecule has 0 atom stereocenters. The quantitative estimate of drug-likeness (QED) is 0.200. The number of rotatable bonds is 7. The molecule has 42 heavy (non-hydrogen) atoms. The molecule has 6 rings (SSSR count). The standard InChI is InChI=1S/C35H26N2O5/c1-23(19-24-17-18-36(22-33(39)40)34-29(24)13-8-14-31(34)38)30-20-25-15-16-28(21-32(25)42-35(30)41)37(26-9-4-2-5-10-26)27-11-6-3-7-12-27/h2-21H,22H2,1H3,(H-,38,39,40). The molecule has 0 bridgehead atoms. The zero-order valence-electron chi connectivity index (χ0n) is 22.7. The lowest BCUT2D eigenvalue weighted by atomic mass is 10.0. The van der Waals surface area contributed by atoms with Gasteiger partial charge >= 0.3 is 5.63 Å². The van der Waals surface area contributed by atoms with Crippen LogP contribution in [0.25, 0.3) is 33.5 Å². The van der Waals surface area contributed by atoms with E-state index in [1.165, 1.54) is 10.6 Å². The minimum absolute atomic E-state index is 0.0530. The van der Waals surface area contributed by atoms with Crippen molar-refractivity contribution in [2.45, 2.75) is 13.5 Å². The van der Waals surface area contributed by atoms with Crippen LogP contribution < -0.4 is 20.2 Å². The number of allylic oxidation sites excluding steroid dienone is 1. The summed E-state index contributed by atoms with van der Waals surface area (Å²) >= 11 is 0. The number of carbonyl (C=O) groups is 1. The topological polar surface area (TPSA) is 97.7 Å². The number of pyridine rings is 1. The molecule has 6 aromatic rings. The average Bonchev–Trinajstić information content (AvgIpc) is 2.99. The van der Waals surface area contributed by atoms with E-state index in [2.05, 4.69) is 4.90 Å². The van der Waals surface area contributed by atoms with E-state index in [4.69, 9.17) is 4.42 Å². The largest absolute Gasteiger partial charge is 0.544 e. The molecule has 2 heterocycles. The third kappa shape index (κ3) is 5.11. The summed E-state index contributed by atoms with van der Waals surface area (Å²) in [5.74, 6) is -1.32. The van der Waals surface area contributed by atoms with E-state index in [9.17, 15) is 19.8 Å². The maximum atomic E-state index is 13.2. The molecule has 0 amide bonds. The molecule has 7 heteroatoms. The Kier molecular flexibility index (Phi) is 6.98. The average molecular weight is 555 g/mol. The Balaban J connectivity index is 1.42. The van der Waals surface area contributed by atoms with Crippen LogP contribution in [0, 0.1) is 0 Å². The van der Waals surface area contributed by atoms with Crippen molar-refractivity contribution in [2.75, 3.05) is 4.90 Å². The van der Waals surface area contributed by atoms with Gasteiger partial charge in [-0.1, -0.05) is 48.5 Å². The molecular weight excluding hydrogens is 528 g/mol. The van der Waals surface area contributed by atoms with Crippen LogP contribution in [0.15, 0.2) is 125 Å². The number of phenols is 1. The van der Waals surface area contributed by atoms with Crippen molar-refractivity contribution in [1.82, 2.24) is 0 Å². The van der Waals surface area contributed by atoms with Crippen LogP contribution in [0.1, 0.15) is 18.1 Å². The Morgan fingerprint density at radius 2 is 1.57 bits per heavy atom. The van der Waals surface area contributed by atoms with Gasteiger partial charge in [-0.2, -0.15) is 4.57 Å². The second-order valence-corrected chi connectivity index (χ2v) is 9.95. The van der Waals surface area contributed by atoms with Crippen LogP contribution >= 0.6 is 0 Å². The first-order valence-corrected chi connectivity index (χ1v) is 13.4. The van der Waals surface area contributed by atoms with Crippen molar-refractivity contribution in [3.8, 4) is 5.75 Å². The van der Waals surface area contributed by atoms with Crippen LogP contribution in [0.4, 0.5) is 17.1 Å². The fourth-order valence-electron chi connectivity index (χ4n) is 5.22. The number of fused-ring (bicyclic) bond motifs is 2. The van der Waals surface area contributed by atoms with Crippen LogP contribution in [-0.2, 0) is 11.3 Å². The molecule has 0 unspecified atom stereocenters. The zero-order valence-corrected chi connectivity index (χ0v) is 22.7. The maximum absolute atomic E-state index is 13.2. The molecule has 0 saturated heterocycles. The molecule has 0 fully saturated rings. The molecule has 0 saturated carbocycles. The minimum atomic E-state index is -1.27. The Hall–Kier alpha value is -5.69. The number of carboxylic acid groups (broad SMARTS) is 1. The highest BCUT2D eigenvalue weighted by atomic mass is 16.4. The van der Waals surface area contributed by atoms with E-state index in [1.54, 1.807) is 24.4 Å². The normalized spacial score (nSPS) is 11.6. The second kappa shape index (κ2) is 11.1. The van der Waals surface area contributed by atoms with Gasteiger partial charge in [0.15, 0.2) is 18.5 Å². The van der Waals surface area contributed by atoms with Crippen molar-refractivity contribution in [2.24, 2.45) is 0 Å². The van der Waals surface area contributed by atoms with Crippen molar-refractivity contribution in [3.05, 3.63) is 137 Å². The minimum Gasteiger partial charge on any atom is -0.544 e. The zero-order chi connectivity index (χ0) is 29.2. The van der Waals surface area contributed by atoms with Gasteiger partial charge in [-0.3, -0.25) is 0 Å². The molecule has 206 valence electrons. The van der Waals surface area contributed by atoms with Gasteiger partial charge in [0, 0.05) is 34.6 Å². The number of carboxylic acids is 1. The van der Waals surface area contributed by atoms with Gasteiger partial charge < -0.3 is 24.3 Å². The van der Waals surface area contributed by atoms with Crippen LogP contribution in [-0.4, -0.2) is 11.1 Å². The predicted molar refractivity (Wildman–Crippen MR) is 162 cm³/mol. The van der Waals surface area contributed by atoms with E-state index >= 15 is 0 Å². The fraction of sp³-hybridized carbons (Fsp3) is 0.0571. The number of carbonyl (C=O) groups excluding carboxylic acids is 1. The fourth-order valence-corrected chi connectivity index (χ4v) is 5.22. The SMILES string of the molecule is C/C(=C\c1cc[n+](CC(=O)[O-])c2c(O)cccc12)c1cc2ccc(N(c3ccccc3)c3ccccc3)cc2oc1=O. The highest BCUT2D eigenvalue weighted by Gasteiger charge is 2.18. The molecule has 1 N–H and O–H groups in total. The van der Waals surface area contributed by atoms with E-state index in [0.29, 0.717) is 33.2 Å². The van der Waals surface area contributed by atoms with E-state index in [0.717, 1.165) is 22.4 Å². The molecule has 7 nitrogen and oxygen atoms in total. The van der Waals surface area contributed by atoms with Crippen LogP contribution in [0.3, 0.4) is 0 Å². The summed E-state index contributed by atoms with van der Waals surface area (Å²) in [7, 11) is 0. The summed E-state index contributed by atoms with van der Waals surface area (Å²) in [6.07, 6.45) is 3.40. The van der Waals surface area contributed by atoms with E-state index < -0.39 is 18.1 Å².